The highest BCUT2D eigenvalue weighted by molar-refractivity contribution is 5.71. The Kier molecular flexibility index (Phi) is 23.2. The van der Waals surface area contributed by atoms with Gasteiger partial charge in [0.1, 0.15) is 18.1 Å². The highest BCUT2D eigenvalue weighted by atomic mass is 16.7. The van der Waals surface area contributed by atoms with Gasteiger partial charge in [-0.05, 0) is 26.2 Å². The van der Waals surface area contributed by atoms with Crippen molar-refractivity contribution in [3.63, 3.8) is 0 Å². The number of fused-ring (bicyclic) bond motifs is 2. The molecule has 0 aromatic rings. The quantitative estimate of drug-likeness (QED) is 0.167. The van der Waals surface area contributed by atoms with Gasteiger partial charge in [-0.15, -0.1) is 0 Å². The SMILES string of the molecule is C[C@H]1C[C@H](O)[C@@H](C)/C=C/C=C/C=C/C=C/C=C/C=C/C=C/C(O[C@@H]2OC[C@@H](O)[C@H](N)[C@@H]2O)C[C@@H]2OC(O)(CC(O)CC(O)C(O)CCC(O)CC(O)CC(=O)O1)C[C@H](O)[C@H]2C(=O)O. The van der Waals surface area contributed by atoms with Crippen molar-refractivity contribution >= 4 is 11.9 Å². The first-order chi connectivity index (χ1) is 29.8. The average molecular weight is 896 g/mol. The number of carbonyl (C=O) groups is 2. The molecule has 63 heavy (non-hydrogen) atoms. The van der Waals surface area contributed by atoms with Crippen molar-refractivity contribution in [2.75, 3.05) is 6.61 Å². The lowest BCUT2D eigenvalue weighted by molar-refractivity contribution is -0.305. The zero-order valence-corrected chi connectivity index (χ0v) is 35.8. The fourth-order valence-corrected chi connectivity index (χ4v) is 7.49. The summed E-state index contributed by atoms with van der Waals surface area (Å²) in [5.74, 6) is -6.33. The number of carboxylic acids is 1. The molecule has 2 saturated heterocycles. The molecule has 0 radical (unpaired) electrons. The Morgan fingerprint density at radius 3 is 1.87 bits per heavy atom. The molecule has 18 nitrogen and oxygen atoms in total. The molecule has 3 aliphatic rings. The summed E-state index contributed by atoms with van der Waals surface area (Å²) < 4.78 is 22.7. The molecule has 2 fully saturated rings. The van der Waals surface area contributed by atoms with E-state index in [9.17, 15) is 65.8 Å². The minimum Gasteiger partial charge on any atom is -0.481 e. The molecule has 0 amide bonds. The number of allylic oxidation sites excluding steroid dienone is 12. The van der Waals surface area contributed by atoms with Crippen LogP contribution in [0, 0.1) is 11.8 Å². The van der Waals surface area contributed by atoms with Crippen LogP contribution in [-0.2, 0) is 28.5 Å². The molecule has 7 unspecified atom stereocenters. The molecule has 3 rings (SSSR count). The number of carbonyl (C=O) groups excluding carboxylic acids is 1. The Morgan fingerprint density at radius 2 is 1.27 bits per heavy atom. The first-order valence-electron chi connectivity index (χ1n) is 21.4. The molecule has 17 atom stereocenters. The topological polar surface area (TPSA) is 320 Å². The number of aliphatic carboxylic acids is 1. The number of rotatable bonds is 3. The van der Waals surface area contributed by atoms with Gasteiger partial charge in [0.15, 0.2) is 12.1 Å². The third-order valence-corrected chi connectivity index (χ3v) is 11.1. The Bertz CT molecular complexity index is 1600. The molecule has 18 heteroatoms. The molecule has 0 aromatic heterocycles. The van der Waals surface area contributed by atoms with Crippen molar-refractivity contribution in [1.29, 1.82) is 0 Å². The number of hydrogen-bond acceptors (Lipinski definition) is 17. The average Bonchev–Trinajstić information content (AvgIpc) is 3.18. The van der Waals surface area contributed by atoms with E-state index >= 15 is 0 Å². The van der Waals surface area contributed by atoms with E-state index in [1.54, 1.807) is 79.8 Å². The van der Waals surface area contributed by atoms with Crippen LogP contribution in [0.15, 0.2) is 85.1 Å². The van der Waals surface area contributed by atoms with Crippen LogP contribution in [0.3, 0.4) is 0 Å². The van der Waals surface area contributed by atoms with Gasteiger partial charge in [0, 0.05) is 38.0 Å². The molecule has 0 spiro atoms. The summed E-state index contributed by atoms with van der Waals surface area (Å²) in [5.41, 5.74) is 5.92. The predicted molar refractivity (Wildman–Crippen MR) is 228 cm³/mol. The van der Waals surface area contributed by atoms with Gasteiger partial charge in [0.05, 0.1) is 80.1 Å². The Morgan fingerprint density at radius 1 is 0.683 bits per heavy atom. The number of aliphatic hydroxyl groups excluding tert-OH is 9. The summed E-state index contributed by atoms with van der Waals surface area (Å²) >= 11 is 0. The second-order valence-electron chi connectivity index (χ2n) is 16.7. The number of aliphatic hydroxyl groups is 10. The second kappa shape index (κ2) is 27.1. The van der Waals surface area contributed by atoms with Crippen LogP contribution in [0.4, 0.5) is 0 Å². The predicted octanol–water partition coefficient (Wildman–Crippen LogP) is 0.0772. The third kappa shape index (κ3) is 19.3. The molecule has 2 bridgehead atoms. The molecular formula is C45H69NO17. The normalized spacial score (nSPS) is 44.2. The molecule has 356 valence electrons. The standard InChI is InChI=1S/C45H69NO17/c1-27-15-13-11-9-7-5-3-4-6-8-10-12-14-16-32(62-44-42(56)41(46)37(54)26-60-44)23-38-40(43(57)58)36(53)25-45(59,63-38)24-31(49)21-35(52)33(50)18-17-29(47)20-30(48)22-39(55)61-28(2)19-34(27)51/h3-16,27-38,40-42,44,47-54,56,59H,17-26,46H2,1-2H3,(H,57,58)/b4-3+,7-5+,8-6+,11-9+,12-10+,15-13+,16-14+/t27-,28-,29?,30?,31?,32?,33?,34-,35?,36-,37+,38-,40+,41-,42-,44-,45?/m0/s1. The minimum absolute atomic E-state index is 0.103. The number of hydrogen-bond donors (Lipinski definition) is 12. The van der Waals surface area contributed by atoms with Gasteiger partial charge in [-0.1, -0.05) is 92.0 Å². The highest BCUT2D eigenvalue weighted by Crippen LogP contribution is 2.38. The number of esters is 1. The summed E-state index contributed by atoms with van der Waals surface area (Å²) in [4.78, 5) is 24.9. The van der Waals surface area contributed by atoms with Crippen LogP contribution in [0.5, 0.6) is 0 Å². The molecule has 13 N–H and O–H groups in total. The van der Waals surface area contributed by atoms with Crippen LogP contribution in [0.2, 0.25) is 0 Å². The van der Waals surface area contributed by atoms with Gasteiger partial charge in [0.2, 0.25) is 0 Å². The van der Waals surface area contributed by atoms with E-state index in [1.165, 1.54) is 6.08 Å². The van der Waals surface area contributed by atoms with Gasteiger partial charge in [-0.25, -0.2) is 0 Å². The van der Waals surface area contributed by atoms with E-state index in [1.807, 2.05) is 13.0 Å². The summed E-state index contributed by atoms with van der Waals surface area (Å²) in [6, 6.07) is -1.12. The number of cyclic esters (lactones) is 1. The summed E-state index contributed by atoms with van der Waals surface area (Å²) in [7, 11) is 0. The Labute approximate surface area is 368 Å². The first kappa shape index (κ1) is 53.9. The second-order valence-corrected chi connectivity index (χ2v) is 16.7. The minimum atomic E-state index is -2.32. The maximum Gasteiger partial charge on any atom is 0.311 e. The van der Waals surface area contributed by atoms with Crippen molar-refractivity contribution in [1.82, 2.24) is 0 Å². The fourth-order valence-electron chi connectivity index (χ4n) is 7.49. The monoisotopic (exact) mass is 895 g/mol. The third-order valence-electron chi connectivity index (χ3n) is 11.1. The number of ether oxygens (including phenoxy) is 4. The lowest BCUT2D eigenvalue weighted by atomic mass is 9.82. The lowest BCUT2D eigenvalue weighted by Crippen LogP contribution is -2.59. The van der Waals surface area contributed by atoms with Gasteiger partial charge in [-0.3, -0.25) is 9.59 Å². The van der Waals surface area contributed by atoms with Crippen LogP contribution in [0.1, 0.15) is 71.6 Å². The fraction of sp³-hybridized carbons (Fsp3) is 0.644. The van der Waals surface area contributed by atoms with Crippen molar-refractivity contribution in [2.45, 2.75) is 163 Å². The summed E-state index contributed by atoms with van der Waals surface area (Å²) in [6.45, 7) is 3.18. The number of carboxylic acid groups (broad SMARTS) is 1. The van der Waals surface area contributed by atoms with Crippen molar-refractivity contribution < 1.29 is 84.7 Å². The summed E-state index contributed by atoms with van der Waals surface area (Å²) in [5, 5.41) is 117. The van der Waals surface area contributed by atoms with E-state index in [0.717, 1.165) is 0 Å². The first-order valence-corrected chi connectivity index (χ1v) is 21.4. The Balaban J connectivity index is 1.83. The van der Waals surface area contributed by atoms with E-state index in [-0.39, 0.29) is 44.6 Å². The van der Waals surface area contributed by atoms with E-state index < -0.39 is 135 Å². The van der Waals surface area contributed by atoms with Crippen LogP contribution in [-0.4, -0.2) is 166 Å². The van der Waals surface area contributed by atoms with Crippen molar-refractivity contribution in [3.05, 3.63) is 85.1 Å². The van der Waals surface area contributed by atoms with Gasteiger partial charge >= 0.3 is 11.9 Å². The smallest absolute Gasteiger partial charge is 0.311 e. The summed E-state index contributed by atoms with van der Waals surface area (Å²) in [6.07, 6.45) is 4.64. The van der Waals surface area contributed by atoms with E-state index in [2.05, 4.69) is 0 Å². The zero-order chi connectivity index (χ0) is 46.7. The molecular weight excluding hydrogens is 826 g/mol. The molecule has 0 aliphatic carbocycles. The van der Waals surface area contributed by atoms with Gasteiger partial charge in [0.25, 0.3) is 0 Å². The van der Waals surface area contributed by atoms with Crippen LogP contribution in [0.25, 0.3) is 0 Å². The largest absolute Gasteiger partial charge is 0.481 e. The molecule has 3 aliphatic heterocycles. The van der Waals surface area contributed by atoms with Gasteiger partial charge in [-0.2, -0.15) is 0 Å². The lowest BCUT2D eigenvalue weighted by Gasteiger charge is -2.45. The van der Waals surface area contributed by atoms with Crippen LogP contribution < -0.4 is 5.73 Å². The van der Waals surface area contributed by atoms with Crippen molar-refractivity contribution in [3.8, 4) is 0 Å². The molecule has 3 heterocycles. The molecule has 0 aromatic carbocycles. The zero-order valence-electron chi connectivity index (χ0n) is 35.8. The Hall–Kier alpha value is -3.44. The van der Waals surface area contributed by atoms with Gasteiger partial charge < -0.3 is 80.9 Å². The van der Waals surface area contributed by atoms with Crippen molar-refractivity contribution in [2.24, 2.45) is 17.6 Å². The van der Waals surface area contributed by atoms with E-state index in [4.69, 9.17) is 24.7 Å². The van der Waals surface area contributed by atoms with E-state index in [0.29, 0.717) is 0 Å². The van der Waals surface area contributed by atoms with Crippen LogP contribution >= 0.6 is 0 Å². The maximum atomic E-state index is 12.5. The number of nitrogens with two attached hydrogens (primary N) is 1. The maximum absolute atomic E-state index is 12.5. The molecule has 0 saturated carbocycles. The highest BCUT2D eigenvalue weighted by Gasteiger charge is 2.50.